The van der Waals surface area contributed by atoms with E-state index in [1.54, 1.807) is 12.3 Å². The van der Waals surface area contributed by atoms with Gasteiger partial charge in [0.15, 0.2) is 0 Å². The summed E-state index contributed by atoms with van der Waals surface area (Å²) in [5, 5.41) is 2.86. The van der Waals surface area contributed by atoms with Crippen molar-refractivity contribution in [2.24, 2.45) is 11.8 Å². The molecule has 1 saturated carbocycles. The Labute approximate surface area is 151 Å². The predicted octanol–water partition coefficient (Wildman–Crippen LogP) is 3.60. The molecule has 2 fully saturated rings. The van der Waals surface area contributed by atoms with Gasteiger partial charge in [0, 0.05) is 30.2 Å². The molecular formula is C18H24BrN3O2. The molecule has 1 aromatic heterocycles. The Hall–Kier alpha value is -1.43. The van der Waals surface area contributed by atoms with Gasteiger partial charge in [-0.1, -0.05) is 12.8 Å². The highest BCUT2D eigenvalue weighted by Crippen LogP contribution is 2.29. The van der Waals surface area contributed by atoms with Crippen LogP contribution in [0.1, 0.15) is 44.9 Å². The molecule has 1 aliphatic heterocycles. The Balaban J connectivity index is 1.53. The van der Waals surface area contributed by atoms with Crippen LogP contribution >= 0.6 is 15.9 Å². The van der Waals surface area contributed by atoms with Gasteiger partial charge < -0.3 is 10.2 Å². The van der Waals surface area contributed by atoms with Crippen molar-refractivity contribution in [3.05, 3.63) is 22.8 Å². The fourth-order valence-electron chi connectivity index (χ4n) is 3.69. The van der Waals surface area contributed by atoms with Crippen LogP contribution in [0, 0.1) is 11.8 Å². The van der Waals surface area contributed by atoms with Crippen molar-refractivity contribution in [1.29, 1.82) is 0 Å². The summed E-state index contributed by atoms with van der Waals surface area (Å²) in [6.07, 6.45) is 8.90. The highest BCUT2D eigenvalue weighted by Gasteiger charge is 2.30. The van der Waals surface area contributed by atoms with Gasteiger partial charge in [-0.25, -0.2) is 4.98 Å². The van der Waals surface area contributed by atoms with Crippen LogP contribution in [-0.4, -0.2) is 34.8 Å². The molecule has 24 heavy (non-hydrogen) atoms. The lowest BCUT2D eigenvalue weighted by molar-refractivity contribution is -0.135. The zero-order valence-electron chi connectivity index (χ0n) is 13.8. The van der Waals surface area contributed by atoms with E-state index in [2.05, 4.69) is 26.2 Å². The molecule has 5 nitrogen and oxygen atoms in total. The molecule has 0 spiro atoms. The Bertz CT molecular complexity index is 584. The molecule has 6 heteroatoms. The molecule has 1 saturated heterocycles. The summed E-state index contributed by atoms with van der Waals surface area (Å²) in [6, 6.07) is 3.62. The quantitative estimate of drug-likeness (QED) is 0.849. The number of halogens is 1. The summed E-state index contributed by atoms with van der Waals surface area (Å²) < 4.78 is 0.877. The maximum absolute atomic E-state index is 12.5. The number of hydrogen-bond donors (Lipinski definition) is 1. The third-order valence-corrected chi connectivity index (χ3v) is 5.53. The Morgan fingerprint density at radius 2 is 2.00 bits per heavy atom. The molecule has 1 atom stereocenters. The largest absolute Gasteiger partial charge is 0.342 e. The smallest absolute Gasteiger partial charge is 0.230 e. The molecular weight excluding hydrogens is 370 g/mol. The monoisotopic (exact) mass is 393 g/mol. The second kappa shape index (κ2) is 8.10. The SMILES string of the molecule is O=C(Nc1ccc(Br)cn1)[C@@H]1CCCN(C(=O)CC2CCCC2)C1. The normalized spacial score (nSPS) is 21.7. The van der Waals surface area contributed by atoms with Gasteiger partial charge in [-0.3, -0.25) is 9.59 Å². The minimum Gasteiger partial charge on any atom is -0.342 e. The van der Waals surface area contributed by atoms with Crippen molar-refractivity contribution in [3.8, 4) is 0 Å². The van der Waals surface area contributed by atoms with E-state index in [-0.39, 0.29) is 17.7 Å². The Kier molecular flexibility index (Phi) is 5.87. The van der Waals surface area contributed by atoms with E-state index in [1.807, 2.05) is 11.0 Å². The summed E-state index contributed by atoms with van der Waals surface area (Å²) in [5.41, 5.74) is 0. The maximum Gasteiger partial charge on any atom is 0.230 e. The average Bonchev–Trinajstić information content (AvgIpc) is 3.10. The molecule has 2 aliphatic rings. The topological polar surface area (TPSA) is 62.3 Å². The molecule has 2 amide bonds. The molecule has 130 valence electrons. The van der Waals surface area contributed by atoms with E-state index >= 15 is 0 Å². The Morgan fingerprint density at radius 1 is 1.21 bits per heavy atom. The lowest BCUT2D eigenvalue weighted by Gasteiger charge is -2.32. The van der Waals surface area contributed by atoms with Crippen molar-refractivity contribution in [1.82, 2.24) is 9.88 Å². The lowest BCUT2D eigenvalue weighted by atomic mass is 9.95. The second-order valence-electron chi connectivity index (χ2n) is 6.88. The van der Waals surface area contributed by atoms with Gasteiger partial charge >= 0.3 is 0 Å². The minimum absolute atomic E-state index is 0.0387. The summed E-state index contributed by atoms with van der Waals surface area (Å²) in [6.45, 7) is 1.32. The van der Waals surface area contributed by atoms with E-state index in [0.717, 1.165) is 23.9 Å². The van der Waals surface area contributed by atoms with Gasteiger partial charge in [0.1, 0.15) is 5.82 Å². The zero-order valence-corrected chi connectivity index (χ0v) is 15.4. The highest BCUT2D eigenvalue weighted by molar-refractivity contribution is 9.10. The fourth-order valence-corrected chi connectivity index (χ4v) is 3.92. The first kappa shape index (κ1) is 17.4. The van der Waals surface area contributed by atoms with Crippen LogP contribution < -0.4 is 5.32 Å². The van der Waals surface area contributed by atoms with Crippen LogP contribution in [0.15, 0.2) is 22.8 Å². The van der Waals surface area contributed by atoms with Crippen LogP contribution in [0.2, 0.25) is 0 Å². The van der Waals surface area contributed by atoms with Crippen molar-refractivity contribution >= 4 is 33.6 Å². The number of pyridine rings is 1. The van der Waals surface area contributed by atoms with Crippen molar-refractivity contribution < 1.29 is 9.59 Å². The standard InChI is InChI=1S/C18H24BrN3O2/c19-15-7-8-16(20-11-15)21-18(24)14-6-3-9-22(12-14)17(23)10-13-4-1-2-5-13/h7-8,11,13-14H,1-6,9-10,12H2,(H,20,21,24)/t14-/m1/s1. The number of piperidine rings is 1. The van der Waals surface area contributed by atoms with E-state index in [9.17, 15) is 9.59 Å². The summed E-state index contributed by atoms with van der Waals surface area (Å²) in [4.78, 5) is 31.0. The van der Waals surface area contributed by atoms with Crippen LogP contribution in [-0.2, 0) is 9.59 Å². The van der Waals surface area contributed by atoms with Gasteiger partial charge in [0.05, 0.1) is 5.92 Å². The molecule has 1 N–H and O–H groups in total. The number of carbonyl (C=O) groups excluding carboxylic acids is 2. The van der Waals surface area contributed by atoms with Crippen molar-refractivity contribution in [3.63, 3.8) is 0 Å². The molecule has 2 heterocycles. The first-order valence-electron chi connectivity index (χ1n) is 8.82. The van der Waals surface area contributed by atoms with Gasteiger partial charge in [-0.05, 0) is 59.7 Å². The number of nitrogens with zero attached hydrogens (tertiary/aromatic N) is 2. The maximum atomic E-state index is 12.5. The number of amides is 2. The van der Waals surface area contributed by atoms with Crippen molar-refractivity contribution in [2.75, 3.05) is 18.4 Å². The predicted molar refractivity (Wildman–Crippen MR) is 96.4 cm³/mol. The zero-order chi connectivity index (χ0) is 16.9. The van der Waals surface area contributed by atoms with Crippen molar-refractivity contribution in [2.45, 2.75) is 44.9 Å². The number of likely N-dealkylation sites (tertiary alicyclic amines) is 1. The van der Waals surface area contributed by atoms with Gasteiger partial charge in [-0.2, -0.15) is 0 Å². The number of rotatable bonds is 4. The number of carbonyl (C=O) groups is 2. The summed E-state index contributed by atoms with van der Waals surface area (Å²) in [5.74, 6) is 1.15. The minimum atomic E-state index is -0.142. The van der Waals surface area contributed by atoms with E-state index in [1.165, 1.54) is 25.7 Å². The van der Waals surface area contributed by atoms with E-state index < -0.39 is 0 Å². The van der Waals surface area contributed by atoms with Crippen LogP contribution in [0.3, 0.4) is 0 Å². The molecule has 3 rings (SSSR count). The molecule has 1 aromatic rings. The van der Waals surface area contributed by atoms with Gasteiger partial charge in [-0.15, -0.1) is 0 Å². The molecule has 0 radical (unpaired) electrons. The van der Waals surface area contributed by atoms with Crippen LogP contribution in [0.4, 0.5) is 5.82 Å². The molecule has 0 aromatic carbocycles. The average molecular weight is 394 g/mol. The number of aromatic nitrogens is 1. The second-order valence-corrected chi connectivity index (χ2v) is 7.80. The fraction of sp³-hybridized carbons (Fsp3) is 0.611. The summed E-state index contributed by atoms with van der Waals surface area (Å²) in [7, 11) is 0. The highest BCUT2D eigenvalue weighted by atomic mass is 79.9. The third kappa shape index (κ3) is 4.56. The number of nitrogens with one attached hydrogen (secondary N) is 1. The number of hydrogen-bond acceptors (Lipinski definition) is 3. The van der Waals surface area contributed by atoms with Crippen LogP contribution in [0.25, 0.3) is 0 Å². The van der Waals surface area contributed by atoms with Crippen LogP contribution in [0.5, 0.6) is 0 Å². The molecule has 1 aliphatic carbocycles. The lowest BCUT2D eigenvalue weighted by Crippen LogP contribution is -2.44. The third-order valence-electron chi connectivity index (χ3n) is 5.06. The van der Waals surface area contributed by atoms with Gasteiger partial charge in [0.25, 0.3) is 0 Å². The Morgan fingerprint density at radius 3 is 2.71 bits per heavy atom. The molecule has 0 unspecified atom stereocenters. The molecule has 0 bridgehead atoms. The first-order chi connectivity index (χ1) is 11.6. The van der Waals surface area contributed by atoms with Gasteiger partial charge in [0.2, 0.25) is 11.8 Å². The van der Waals surface area contributed by atoms with E-state index in [0.29, 0.717) is 24.7 Å². The first-order valence-corrected chi connectivity index (χ1v) is 9.61. The summed E-state index contributed by atoms with van der Waals surface area (Å²) >= 11 is 3.33. The van der Waals surface area contributed by atoms with E-state index in [4.69, 9.17) is 0 Å². The number of anilines is 1.